The van der Waals surface area contributed by atoms with Crippen molar-refractivity contribution in [2.75, 3.05) is 13.6 Å². The average molecular weight is 222 g/mol. The van der Waals surface area contributed by atoms with Crippen LogP contribution >= 0.6 is 10.7 Å². The van der Waals surface area contributed by atoms with Crippen molar-refractivity contribution in [2.45, 2.75) is 25.3 Å². The van der Waals surface area contributed by atoms with Crippen LogP contribution in [0.4, 0.5) is 0 Å². The van der Waals surface area contributed by atoms with Crippen LogP contribution in [0.1, 0.15) is 19.3 Å². The maximum absolute atomic E-state index is 10.5. The van der Waals surface area contributed by atoms with Gasteiger partial charge in [0.2, 0.25) is 0 Å². The van der Waals surface area contributed by atoms with Gasteiger partial charge in [-0.3, -0.25) is 0 Å². The van der Waals surface area contributed by atoms with Crippen molar-refractivity contribution in [1.82, 2.24) is 4.90 Å². The molecule has 0 amide bonds. The minimum absolute atomic E-state index is 0.394. The first-order valence-electron chi connectivity index (χ1n) is 4.13. The molecule has 1 rings (SSSR count). The highest BCUT2D eigenvalue weighted by molar-refractivity contribution is 8.17. The predicted molar refractivity (Wildman–Crippen MR) is 52.8 cm³/mol. The van der Waals surface area contributed by atoms with Crippen molar-refractivity contribution in [3.8, 4) is 11.2 Å². The number of hydrogen-bond donors (Lipinski definition) is 0. The Hall–Kier alpha value is -0.240. The first kappa shape index (κ1) is 10.8. The van der Waals surface area contributed by atoms with E-state index >= 15 is 0 Å². The zero-order valence-electron chi connectivity index (χ0n) is 7.46. The van der Waals surface area contributed by atoms with E-state index in [0.717, 1.165) is 19.4 Å². The van der Waals surface area contributed by atoms with Gasteiger partial charge in [-0.15, -0.1) is 0 Å². The van der Waals surface area contributed by atoms with Crippen molar-refractivity contribution >= 4 is 19.7 Å². The summed E-state index contributed by atoms with van der Waals surface area (Å²) in [6.45, 7) is 1.07. The Morgan fingerprint density at radius 1 is 1.62 bits per heavy atom. The maximum Gasteiger partial charge on any atom is 0.300 e. The summed E-state index contributed by atoms with van der Waals surface area (Å²) in [5.41, 5.74) is 0. The van der Waals surface area contributed by atoms with Crippen molar-refractivity contribution in [2.24, 2.45) is 0 Å². The summed E-state index contributed by atoms with van der Waals surface area (Å²) in [4.78, 5) is 2.19. The van der Waals surface area contributed by atoms with E-state index in [1.807, 2.05) is 12.3 Å². The molecule has 1 heterocycles. The maximum atomic E-state index is 10.5. The Morgan fingerprint density at radius 2 is 2.31 bits per heavy atom. The van der Waals surface area contributed by atoms with Crippen molar-refractivity contribution in [1.29, 1.82) is 0 Å². The molecule has 0 radical (unpaired) electrons. The molecule has 0 N–H and O–H groups in total. The van der Waals surface area contributed by atoms with Crippen molar-refractivity contribution in [3.63, 3.8) is 0 Å². The van der Waals surface area contributed by atoms with Crippen LogP contribution in [-0.4, -0.2) is 33.0 Å². The van der Waals surface area contributed by atoms with Gasteiger partial charge < -0.3 is 4.90 Å². The van der Waals surface area contributed by atoms with Crippen LogP contribution in [0.25, 0.3) is 0 Å². The molecule has 0 saturated carbocycles. The molecule has 1 unspecified atom stereocenters. The Kier molecular flexibility index (Phi) is 3.60. The standard InChI is InChI=1S/C8H12ClNO2S/c1-10-6-2-4-8(10)5-3-7-13(9,11)12/h8H,2,4-6H2,1H3. The SMILES string of the molecule is CN1CCCC1CC#CS(=O)(=O)Cl. The number of nitrogens with zero attached hydrogens (tertiary/aromatic N) is 1. The molecule has 1 fully saturated rings. The number of rotatable bonds is 1. The van der Waals surface area contributed by atoms with E-state index in [9.17, 15) is 8.42 Å². The van der Waals surface area contributed by atoms with Gasteiger partial charge in [0.25, 0.3) is 0 Å². The van der Waals surface area contributed by atoms with Crippen LogP contribution in [-0.2, 0) is 9.05 Å². The lowest BCUT2D eigenvalue weighted by atomic mass is 10.2. The quantitative estimate of drug-likeness (QED) is 0.490. The lowest BCUT2D eigenvalue weighted by Gasteiger charge is -2.15. The highest BCUT2D eigenvalue weighted by Gasteiger charge is 2.19. The minimum Gasteiger partial charge on any atom is -0.302 e. The fourth-order valence-electron chi connectivity index (χ4n) is 1.48. The van der Waals surface area contributed by atoms with Crippen molar-refractivity contribution in [3.05, 3.63) is 0 Å². The molecule has 1 aliphatic rings. The summed E-state index contributed by atoms with van der Waals surface area (Å²) >= 11 is 0. The van der Waals surface area contributed by atoms with E-state index in [1.54, 1.807) is 0 Å². The first-order valence-corrected chi connectivity index (χ1v) is 6.44. The van der Waals surface area contributed by atoms with E-state index in [1.165, 1.54) is 0 Å². The van der Waals surface area contributed by atoms with E-state index in [4.69, 9.17) is 10.7 Å². The molecule has 0 spiro atoms. The number of likely N-dealkylation sites (tertiary alicyclic amines) is 1. The Bertz CT molecular complexity index is 328. The van der Waals surface area contributed by atoms with Crippen LogP contribution in [0, 0.1) is 11.2 Å². The normalized spacial score (nSPS) is 24.0. The van der Waals surface area contributed by atoms with Gasteiger partial charge in [0.1, 0.15) is 0 Å². The van der Waals surface area contributed by atoms with Gasteiger partial charge in [-0.1, -0.05) is 5.92 Å². The second-order valence-corrected chi connectivity index (χ2v) is 5.50. The fourth-order valence-corrected chi connectivity index (χ4v) is 1.90. The second kappa shape index (κ2) is 4.32. The monoisotopic (exact) mass is 221 g/mol. The zero-order valence-corrected chi connectivity index (χ0v) is 9.03. The number of halogens is 1. The van der Waals surface area contributed by atoms with E-state index in [0.29, 0.717) is 12.5 Å². The van der Waals surface area contributed by atoms with Gasteiger partial charge in [-0.25, -0.2) is 0 Å². The van der Waals surface area contributed by atoms with Gasteiger partial charge in [-0.05, 0) is 26.4 Å². The fraction of sp³-hybridized carbons (Fsp3) is 0.750. The summed E-state index contributed by atoms with van der Waals surface area (Å²) in [6.07, 6.45) is 2.84. The van der Waals surface area contributed by atoms with Gasteiger partial charge in [0, 0.05) is 28.4 Å². The third-order valence-corrected chi connectivity index (χ3v) is 2.82. The molecule has 5 heteroatoms. The third-order valence-electron chi connectivity index (χ3n) is 2.20. The molecule has 1 aliphatic heterocycles. The van der Waals surface area contributed by atoms with Gasteiger partial charge in [0.05, 0.1) is 0 Å². The summed E-state index contributed by atoms with van der Waals surface area (Å²) in [6, 6.07) is 0.394. The molecule has 1 saturated heterocycles. The van der Waals surface area contributed by atoms with E-state index < -0.39 is 9.05 Å². The highest BCUT2D eigenvalue weighted by atomic mass is 35.7. The molecule has 0 aromatic heterocycles. The third kappa shape index (κ3) is 3.99. The number of hydrogen-bond acceptors (Lipinski definition) is 3. The first-order chi connectivity index (χ1) is 5.99. The minimum atomic E-state index is -3.64. The zero-order chi connectivity index (χ0) is 9.90. The topological polar surface area (TPSA) is 37.4 Å². The molecule has 0 aromatic rings. The molecular weight excluding hydrogens is 210 g/mol. The Balaban J connectivity index is 2.45. The molecule has 13 heavy (non-hydrogen) atoms. The molecule has 1 atom stereocenters. The lowest BCUT2D eigenvalue weighted by molar-refractivity contribution is 0.315. The predicted octanol–water partition coefficient (Wildman–Crippen LogP) is 1.00. The summed E-state index contributed by atoms with van der Waals surface area (Å²) in [7, 11) is 3.32. The van der Waals surface area contributed by atoms with E-state index in [-0.39, 0.29) is 0 Å². The van der Waals surface area contributed by atoms with Gasteiger partial charge in [-0.2, -0.15) is 8.42 Å². The molecule has 0 aliphatic carbocycles. The molecule has 74 valence electrons. The van der Waals surface area contributed by atoms with Crippen molar-refractivity contribution < 1.29 is 8.42 Å². The summed E-state index contributed by atoms with van der Waals surface area (Å²) in [5.74, 6) is 2.59. The smallest absolute Gasteiger partial charge is 0.300 e. The Labute approximate surface area is 83.5 Å². The molecular formula is C8H12ClNO2S. The van der Waals surface area contributed by atoms with Crippen LogP contribution in [0.2, 0.25) is 0 Å². The van der Waals surface area contributed by atoms with Gasteiger partial charge >= 0.3 is 9.05 Å². The average Bonchev–Trinajstić information content (AvgIpc) is 2.34. The van der Waals surface area contributed by atoms with E-state index in [2.05, 4.69) is 10.8 Å². The largest absolute Gasteiger partial charge is 0.302 e. The van der Waals surface area contributed by atoms with Crippen LogP contribution in [0.15, 0.2) is 0 Å². The van der Waals surface area contributed by atoms with Crippen LogP contribution < -0.4 is 0 Å². The molecule has 0 aromatic carbocycles. The van der Waals surface area contributed by atoms with Crippen LogP contribution in [0.3, 0.4) is 0 Å². The Morgan fingerprint density at radius 3 is 2.77 bits per heavy atom. The second-order valence-electron chi connectivity index (χ2n) is 3.20. The summed E-state index contributed by atoms with van der Waals surface area (Å²) in [5, 5.41) is 2.03. The molecule has 0 bridgehead atoms. The molecule has 3 nitrogen and oxygen atoms in total. The lowest BCUT2D eigenvalue weighted by Crippen LogP contribution is -2.24. The van der Waals surface area contributed by atoms with Crippen LogP contribution in [0.5, 0.6) is 0 Å². The highest BCUT2D eigenvalue weighted by Crippen LogP contribution is 2.16. The summed E-state index contributed by atoms with van der Waals surface area (Å²) < 4.78 is 20.9. The van der Waals surface area contributed by atoms with Gasteiger partial charge in [0.15, 0.2) is 0 Å².